The van der Waals surface area contributed by atoms with Crippen LogP contribution in [0.4, 0.5) is 11.5 Å². The van der Waals surface area contributed by atoms with Gasteiger partial charge in [-0.3, -0.25) is 10.1 Å². The second-order valence-corrected chi connectivity index (χ2v) is 6.38. The Balaban J connectivity index is 2.19. The van der Waals surface area contributed by atoms with Crippen molar-refractivity contribution in [2.75, 3.05) is 18.1 Å². The van der Waals surface area contributed by atoms with Gasteiger partial charge in [-0.05, 0) is 19.1 Å². The second kappa shape index (κ2) is 6.30. The molecule has 0 bridgehead atoms. The highest BCUT2D eigenvalue weighted by atomic mass is 32.2. The molecule has 2 N–H and O–H groups in total. The Morgan fingerprint density at radius 3 is 2.76 bits per heavy atom. The van der Waals surface area contributed by atoms with Crippen LogP contribution in [0.15, 0.2) is 12.3 Å². The minimum Gasteiger partial charge on any atom is -0.478 e. The van der Waals surface area contributed by atoms with E-state index in [0.29, 0.717) is 6.54 Å². The molecule has 0 unspecified atom stereocenters. The first-order valence-corrected chi connectivity index (χ1v) is 7.87. The largest absolute Gasteiger partial charge is 0.478 e. The molecule has 1 aromatic heterocycles. The molecule has 0 atom stereocenters. The Morgan fingerprint density at radius 2 is 2.24 bits per heavy atom. The van der Waals surface area contributed by atoms with E-state index < -0.39 is 10.9 Å². The molecule has 114 valence electrons. The third kappa shape index (κ3) is 3.44. The number of carboxylic acid groups (broad SMARTS) is 1. The summed E-state index contributed by atoms with van der Waals surface area (Å²) in [6.45, 7) is 0.592. The van der Waals surface area contributed by atoms with Gasteiger partial charge in [-0.2, -0.15) is 11.8 Å². The number of hydrogen-bond acceptors (Lipinski definition) is 6. The lowest BCUT2D eigenvalue weighted by molar-refractivity contribution is -0.384. The van der Waals surface area contributed by atoms with Gasteiger partial charge in [0, 0.05) is 23.6 Å². The predicted molar refractivity (Wildman–Crippen MR) is 81.1 cm³/mol. The van der Waals surface area contributed by atoms with Gasteiger partial charge in [0.05, 0.1) is 10.5 Å². The Hall–Kier alpha value is -1.83. The Kier molecular flexibility index (Phi) is 4.66. The van der Waals surface area contributed by atoms with E-state index in [1.165, 1.54) is 0 Å². The third-order valence-corrected chi connectivity index (χ3v) is 5.26. The SMILES string of the molecule is CSC1(CNc2ncc(C(=O)O)cc2[N+](=O)[O-])CCCC1. The van der Waals surface area contributed by atoms with E-state index in [1.54, 1.807) is 11.8 Å². The number of nitro groups is 1. The number of aromatic carboxylic acids is 1. The van der Waals surface area contributed by atoms with Crippen LogP contribution in [0.3, 0.4) is 0 Å². The molecule has 0 aromatic carbocycles. The normalized spacial score (nSPS) is 16.6. The molecule has 1 aliphatic rings. The summed E-state index contributed by atoms with van der Waals surface area (Å²) in [7, 11) is 0. The van der Waals surface area contributed by atoms with E-state index in [9.17, 15) is 14.9 Å². The number of thioether (sulfide) groups is 1. The van der Waals surface area contributed by atoms with Crippen molar-refractivity contribution in [2.45, 2.75) is 30.4 Å². The highest BCUT2D eigenvalue weighted by Gasteiger charge is 2.33. The van der Waals surface area contributed by atoms with Gasteiger partial charge in [-0.15, -0.1) is 0 Å². The molecular weight excluding hydrogens is 294 g/mol. The van der Waals surface area contributed by atoms with Gasteiger partial charge in [0.1, 0.15) is 0 Å². The number of carboxylic acids is 1. The minimum absolute atomic E-state index is 0.0843. The summed E-state index contributed by atoms with van der Waals surface area (Å²) >= 11 is 1.77. The van der Waals surface area contributed by atoms with Gasteiger partial charge < -0.3 is 10.4 Å². The average Bonchev–Trinajstić information content (AvgIpc) is 2.94. The third-order valence-electron chi connectivity index (χ3n) is 3.84. The maximum absolute atomic E-state index is 11.1. The van der Waals surface area contributed by atoms with Gasteiger partial charge in [0.25, 0.3) is 0 Å². The molecule has 2 rings (SSSR count). The number of aromatic nitrogens is 1. The van der Waals surface area contributed by atoms with Crippen LogP contribution in [-0.2, 0) is 0 Å². The van der Waals surface area contributed by atoms with Gasteiger partial charge >= 0.3 is 11.7 Å². The first kappa shape index (κ1) is 15.6. The van der Waals surface area contributed by atoms with E-state index in [0.717, 1.165) is 37.9 Å². The molecule has 7 nitrogen and oxygen atoms in total. The molecule has 1 saturated carbocycles. The summed E-state index contributed by atoms with van der Waals surface area (Å²) < 4.78 is 0.0843. The zero-order valence-corrected chi connectivity index (χ0v) is 12.5. The first-order chi connectivity index (χ1) is 9.97. The molecular formula is C13H17N3O4S. The fourth-order valence-corrected chi connectivity index (χ4v) is 3.48. The molecule has 21 heavy (non-hydrogen) atoms. The number of anilines is 1. The van der Waals surface area contributed by atoms with Crippen LogP contribution in [0, 0.1) is 10.1 Å². The zero-order chi connectivity index (χ0) is 15.5. The van der Waals surface area contributed by atoms with Crippen LogP contribution in [0.2, 0.25) is 0 Å². The van der Waals surface area contributed by atoms with Gasteiger partial charge in [-0.1, -0.05) is 12.8 Å². The molecule has 1 aliphatic carbocycles. The fourth-order valence-electron chi connectivity index (χ4n) is 2.56. The lowest BCUT2D eigenvalue weighted by atomic mass is 10.1. The smallest absolute Gasteiger partial charge is 0.337 e. The molecule has 0 spiro atoms. The summed E-state index contributed by atoms with van der Waals surface area (Å²) in [5.41, 5.74) is -0.489. The molecule has 0 aliphatic heterocycles. The van der Waals surface area contributed by atoms with Crippen molar-refractivity contribution in [3.63, 3.8) is 0 Å². The molecule has 1 aromatic rings. The summed E-state index contributed by atoms with van der Waals surface area (Å²) in [6, 6.07) is 1.04. The minimum atomic E-state index is -1.23. The lowest BCUT2D eigenvalue weighted by Crippen LogP contribution is -2.30. The van der Waals surface area contributed by atoms with Crippen molar-refractivity contribution in [1.29, 1.82) is 0 Å². The van der Waals surface area contributed by atoms with Crippen molar-refractivity contribution in [2.24, 2.45) is 0 Å². The van der Waals surface area contributed by atoms with E-state index in [1.807, 2.05) is 6.26 Å². The van der Waals surface area contributed by atoms with Gasteiger partial charge in [0.15, 0.2) is 0 Å². The fraction of sp³-hybridized carbons (Fsp3) is 0.538. The van der Waals surface area contributed by atoms with E-state index in [-0.39, 0.29) is 21.8 Å². The van der Waals surface area contributed by atoms with Crippen molar-refractivity contribution in [3.05, 3.63) is 27.9 Å². The topological polar surface area (TPSA) is 105 Å². The van der Waals surface area contributed by atoms with Crippen LogP contribution in [0.5, 0.6) is 0 Å². The highest BCUT2D eigenvalue weighted by molar-refractivity contribution is 8.00. The Labute approximate surface area is 126 Å². The van der Waals surface area contributed by atoms with E-state index in [4.69, 9.17) is 5.11 Å². The first-order valence-electron chi connectivity index (χ1n) is 6.64. The van der Waals surface area contributed by atoms with Gasteiger partial charge in [0.2, 0.25) is 5.82 Å². The number of hydrogen-bond donors (Lipinski definition) is 2. The van der Waals surface area contributed by atoms with Crippen molar-refractivity contribution in [1.82, 2.24) is 4.98 Å². The number of rotatable bonds is 6. The second-order valence-electron chi connectivity index (χ2n) is 5.10. The summed E-state index contributed by atoms with van der Waals surface area (Å²) in [4.78, 5) is 25.2. The summed E-state index contributed by atoms with van der Waals surface area (Å²) in [6.07, 6.45) is 7.65. The number of carbonyl (C=O) groups is 1. The molecule has 8 heteroatoms. The molecule has 0 radical (unpaired) electrons. The monoisotopic (exact) mass is 311 g/mol. The van der Waals surface area contributed by atoms with Crippen LogP contribution in [-0.4, -0.2) is 38.5 Å². The Morgan fingerprint density at radius 1 is 1.57 bits per heavy atom. The molecule has 1 fully saturated rings. The zero-order valence-electron chi connectivity index (χ0n) is 11.7. The standard InChI is InChI=1S/C13H17N3O4S/c1-21-13(4-2-3-5-13)8-15-11-10(16(19)20)6-9(7-14-11)12(17)18/h6-7H,2-5,8H2,1H3,(H,14,15)(H,17,18). The van der Waals surface area contributed by atoms with Crippen molar-refractivity contribution in [3.8, 4) is 0 Å². The molecule has 0 amide bonds. The summed E-state index contributed by atoms with van der Waals surface area (Å²) in [5.74, 6) is -1.10. The van der Waals surface area contributed by atoms with Crippen molar-refractivity contribution < 1.29 is 14.8 Å². The maximum atomic E-state index is 11.1. The number of nitrogens with one attached hydrogen (secondary N) is 1. The van der Waals surface area contributed by atoms with Crippen LogP contribution >= 0.6 is 11.8 Å². The lowest BCUT2D eigenvalue weighted by Gasteiger charge is -2.27. The highest BCUT2D eigenvalue weighted by Crippen LogP contribution is 2.40. The predicted octanol–water partition coefficient (Wildman–Crippen LogP) is 2.78. The van der Waals surface area contributed by atoms with E-state index >= 15 is 0 Å². The van der Waals surface area contributed by atoms with E-state index in [2.05, 4.69) is 10.3 Å². The number of pyridine rings is 1. The van der Waals surface area contributed by atoms with Crippen LogP contribution in [0.25, 0.3) is 0 Å². The van der Waals surface area contributed by atoms with Crippen molar-refractivity contribution >= 4 is 29.2 Å². The van der Waals surface area contributed by atoms with Crippen LogP contribution in [0.1, 0.15) is 36.0 Å². The molecule has 0 saturated heterocycles. The maximum Gasteiger partial charge on any atom is 0.337 e. The number of nitrogens with zero attached hydrogens (tertiary/aromatic N) is 2. The quantitative estimate of drug-likeness (QED) is 0.614. The van der Waals surface area contributed by atoms with Crippen LogP contribution < -0.4 is 5.32 Å². The summed E-state index contributed by atoms with van der Waals surface area (Å²) in [5, 5.41) is 23.0. The average molecular weight is 311 g/mol. The Bertz CT molecular complexity index is 558. The molecule has 1 heterocycles. The van der Waals surface area contributed by atoms with Gasteiger partial charge in [-0.25, -0.2) is 9.78 Å².